The van der Waals surface area contributed by atoms with Gasteiger partial charge in [0.05, 0.1) is 0 Å². The van der Waals surface area contributed by atoms with E-state index < -0.39 is 17.7 Å². The molecular formula is C21H30ClN3O3. The third-order valence-corrected chi connectivity index (χ3v) is 5.57. The average molecular weight is 408 g/mol. The zero-order valence-corrected chi connectivity index (χ0v) is 18.1. The van der Waals surface area contributed by atoms with Crippen LogP contribution in [0.25, 0.3) is 0 Å². The van der Waals surface area contributed by atoms with Crippen molar-refractivity contribution in [1.29, 1.82) is 0 Å². The SMILES string of the molecule is Cc1c(CNC(=O)C2CCC(C)N2C(=O)OC(C)(C)C)cc(Cl)nc1C1CC1. The number of hydrogen-bond donors (Lipinski definition) is 1. The maximum atomic E-state index is 12.9. The van der Waals surface area contributed by atoms with Crippen molar-refractivity contribution in [3.05, 3.63) is 28.0 Å². The third-order valence-electron chi connectivity index (χ3n) is 5.38. The number of amides is 2. The van der Waals surface area contributed by atoms with E-state index in [0.717, 1.165) is 36.1 Å². The Balaban J connectivity index is 1.68. The summed E-state index contributed by atoms with van der Waals surface area (Å²) in [6.07, 6.45) is 3.27. The first-order valence-electron chi connectivity index (χ1n) is 10.0. The molecule has 1 aliphatic heterocycles. The number of halogens is 1. The molecule has 0 bridgehead atoms. The maximum absolute atomic E-state index is 12.9. The molecule has 1 saturated heterocycles. The molecule has 0 spiro atoms. The zero-order chi connectivity index (χ0) is 20.6. The number of nitrogens with one attached hydrogen (secondary N) is 1. The van der Waals surface area contributed by atoms with E-state index in [0.29, 0.717) is 24.0 Å². The van der Waals surface area contributed by atoms with Gasteiger partial charge in [-0.1, -0.05) is 11.6 Å². The number of ether oxygens (including phenoxy) is 1. The van der Waals surface area contributed by atoms with Crippen LogP contribution in [0.5, 0.6) is 0 Å². The van der Waals surface area contributed by atoms with Crippen molar-refractivity contribution in [3.63, 3.8) is 0 Å². The summed E-state index contributed by atoms with van der Waals surface area (Å²) in [7, 11) is 0. The van der Waals surface area contributed by atoms with Crippen molar-refractivity contribution in [2.45, 2.75) is 90.4 Å². The van der Waals surface area contributed by atoms with Crippen LogP contribution in [0.3, 0.4) is 0 Å². The second-order valence-corrected chi connectivity index (χ2v) is 9.32. The summed E-state index contributed by atoms with van der Waals surface area (Å²) < 4.78 is 5.50. The highest BCUT2D eigenvalue weighted by Gasteiger charge is 2.40. The molecule has 1 aromatic heterocycles. The highest BCUT2D eigenvalue weighted by Crippen LogP contribution is 2.41. The Labute approximate surface area is 172 Å². The third kappa shape index (κ3) is 4.77. The fourth-order valence-corrected chi connectivity index (χ4v) is 3.97. The molecule has 1 aliphatic carbocycles. The van der Waals surface area contributed by atoms with Gasteiger partial charge in [0.2, 0.25) is 5.91 Å². The first-order chi connectivity index (χ1) is 13.1. The van der Waals surface area contributed by atoms with Crippen LogP contribution in [-0.2, 0) is 16.1 Å². The minimum absolute atomic E-state index is 0.0239. The Bertz CT molecular complexity index is 771. The molecule has 7 heteroatoms. The number of likely N-dealkylation sites (tertiary alicyclic amines) is 1. The van der Waals surface area contributed by atoms with Gasteiger partial charge in [-0.3, -0.25) is 9.69 Å². The topological polar surface area (TPSA) is 71.5 Å². The Kier molecular flexibility index (Phi) is 5.89. The van der Waals surface area contributed by atoms with Gasteiger partial charge < -0.3 is 10.1 Å². The highest BCUT2D eigenvalue weighted by atomic mass is 35.5. The van der Waals surface area contributed by atoms with Gasteiger partial charge in [-0.15, -0.1) is 0 Å². The quantitative estimate of drug-likeness (QED) is 0.754. The van der Waals surface area contributed by atoms with Crippen molar-refractivity contribution in [2.24, 2.45) is 0 Å². The van der Waals surface area contributed by atoms with Gasteiger partial charge in [-0.05, 0) is 77.5 Å². The van der Waals surface area contributed by atoms with E-state index in [9.17, 15) is 9.59 Å². The monoisotopic (exact) mass is 407 g/mol. The summed E-state index contributed by atoms with van der Waals surface area (Å²) in [6, 6.07) is 1.28. The van der Waals surface area contributed by atoms with Gasteiger partial charge in [0.15, 0.2) is 0 Å². The fourth-order valence-electron chi connectivity index (χ4n) is 3.75. The first kappa shape index (κ1) is 20.9. The van der Waals surface area contributed by atoms with Crippen LogP contribution in [-0.4, -0.2) is 39.6 Å². The van der Waals surface area contributed by atoms with Crippen LogP contribution in [0.15, 0.2) is 6.07 Å². The molecule has 2 atom stereocenters. The van der Waals surface area contributed by atoms with Crippen LogP contribution in [0, 0.1) is 6.92 Å². The number of rotatable bonds is 4. The summed E-state index contributed by atoms with van der Waals surface area (Å²) in [4.78, 5) is 31.5. The number of nitrogens with zero attached hydrogens (tertiary/aromatic N) is 2. The van der Waals surface area contributed by atoms with Crippen LogP contribution in [0.2, 0.25) is 5.15 Å². The van der Waals surface area contributed by atoms with Crippen molar-refractivity contribution in [2.75, 3.05) is 0 Å². The van der Waals surface area contributed by atoms with Gasteiger partial charge in [0.25, 0.3) is 0 Å². The predicted octanol–water partition coefficient (Wildman–Crippen LogP) is 4.33. The predicted molar refractivity (Wildman–Crippen MR) is 108 cm³/mol. The molecular weight excluding hydrogens is 378 g/mol. The summed E-state index contributed by atoms with van der Waals surface area (Å²) in [6.45, 7) is 9.84. The zero-order valence-electron chi connectivity index (χ0n) is 17.3. The smallest absolute Gasteiger partial charge is 0.411 e. The molecule has 6 nitrogen and oxygen atoms in total. The van der Waals surface area contributed by atoms with Gasteiger partial charge in [-0.25, -0.2) is 9.78 Å². The second kappa shape index (κ2) is 7.90. The molecule has 1 aromatic rings. The average Bonchev–Trinajstić information content (AvgIpc) is 3.35. The van der Waals surface area contributed by atoms with Crippen LogP contribution in [0.1, 0.15) is 76.1 Å². The van der Waals surface area contributed by atoms with E-state index in [1.54, 1.807) is 4.90 Å². The molecule has 2 aliphatic rings. The largest absolute Gasteiger partial charge is 0.444 e. The summed E-state index contributed by atoms with van der Waals surface area (Å²) in [5, 5.41) is 3.45. The van der Waals surface area contributed by atoms with Crippen LogP contribution in [0.4, 0.5) is 4.79 Å². The number of carbonyl (C=O) groups excluding carboxylic acids is 2. The Morgan fingerprint density at radius 2 is 1.96 bits per heavy atom. The van der Waals surface area contributed by atoms with Gasteiger partial charge in [0, 0.05) is 24.2 Å². The molecule has 3 rings (SSSR count). The van der Waals surface area contributed by atoms with Crippen molar-refractivity contribution in [3.8, 4) is 0 Å². The van der Waals surface area contributed by atoms with Gasteiger partial charge >= 0.3 is 6.09 Å². The minimum atomic E-state index is -0.593. The molecule has 1 N–H and O–H groups in total. The van der Waals surface area contributed by atoms with E-state index in [4.69, 9.17) is 16.3 Å². The molecule has 2 unspecified atom stereocenters. The van der Waals surface area contributed by atoms with Gasteiger partial charge in [0.1, 0.15) is 16.8 Å². The normalized spacial score (nSPS) is 22.3. The number of hydrogen-bond acceptors (Lipinski definition) is 4. The fraction of sp³-hybridized carbons (Fsp3) is 0.667. The minimum Gasteiger partial charge on any atom is -0.444 e. The van der Waals surface area contributed by atoms with Crippen molar-refractivity contribution in [1.82, 2.24) is 15.2 Å². The molecule has 2 amide bonds. The van der Waals surface area contributed by atoms with Crippen LogP contribution >= 0.6 is 11.6 Å². The number of aromatic nitrogens is 1. The molecule has 0 radical (unpaired) electrons. The van der Waals surface area contributed by atoms with E-state index in [1.165, 1.54) is 0 Å². The lowest BCUT2D eigenvalue weighted by molar-refractivity contribution is -0.126. The summed E-state index contributed by atoms with van der Waals surface area (Å²) >= 11 is 6.19. The summed E-state index contributed by atoms with van der Waals surface area (Å²) in [5.41, 5.74) is 2.52. The lowest BCUT2D eigenvalue weighted by Crippen LogP contribution is -2.49. The molecule has 0 aromatic carbocycles. The van der Waals surface area contributed by atoms with E-state index in [-0.39, 0.29) is 11.9 Å². The van der Waals surface area contributed by atoms with E-state index >= 15 is 0 Å². The standard InChI is InChI=1S/C21H30ClN3O3/c1-12-6-9-16(25(12)20(27)28-21(3,4)5)19(26)23-11-15-10-17(22)24-18(13(15)2)14-7-8-14/h10,12,14,16H,6-9,11H2,1-5H3,(H,23,26). The second-order valence-electron chi connectivity index (χ2n) is 8.94. The van der Waals surface area contributed by atoms with Gasteiger partial charge in [-0.2, -0.15) is 0 Å². The van der Waals surface area contributed by atoms with E-state index in [2.05, 4.69) is 10.3 Å². The van der Waals surface area contributed by atoms with Crippen molar-refractivity contribution >= 4 is 23.6 Å². The first-order valence-corrected chi connectivity index (χ1v) is 10.4. The Morgan fingerprint density at radius 3 is 2.57 bits per heavy atom. The molecule has 2 heterocycles. The molecule has 154 valence electrons. The van der Waals surface area contributed by atoms with Crippen LogP contribution < -0.4 is 5.32 Å². The van der Waals surface area contributed by atoms with Crippen molar-refractivity contribution < 1.29 is 14.3 Å². The molecule has 2 fully saturated rings. The molecule has 28 heavy (non-hydrogen) atoms. The lowest BCUT2D eigenvalue weighted by Gasteiger charge is -2.30. The van der Waals surface area contributed by atoms with E-state index in [1.807, 2.05) is 40.7 Å². The molecule has 1 saturated carbocycles. The Morgan fingerprint density at radius 1 is 1.29 bits per heavy atom. The maximum Gasteiger partial charge on any atom is 0.411 e. The number of pyridine rings is 1. The highest BCUT2D eigenvalue weighted by molar-refractivity contribution is 6.29. The summed E-state index contributed by atoms with van der Waals surface area (Å²) in [5.74, 6) is 0.335. The number of carbonyl (C=O) groups is 2. The Hall–Kier alpha value is -1.82. The lowest BCUT2D eigenvalue weighted by atomic mass is 10.0.